The Bertz CT molecular complexity index is 677. The fourth-order valence-electron chi connectivity index (χ4n) is 2.85. The van der Waals surface area contributed by atoms with Crippen LogP contribution in [0, 0.1) is 13.8 Å². The second-order valence-electron chi connectivity index (χ2n) is 5.36. The van der Waals surface area contributed by atoms with Gasteiger partial charge in [0.1, 0.15) is 0 Å². The molecule has 0 saturated heterocycles. The molecule has 0 fully saturated rings. The summed E-state index contributed by atoms with van der Waals surface area (Å²) in [7, 11) is 0. The number of rotatable bonds is 2. The van der Waals surface area contributed by atoms with Crippen molar-refractivity contribution in [1.29, 1.82) is 0 Å². The summed E-state index contributed by atoms with van der Waals surface area (Å²) in [6.45, 7) is 4.11. The lowest BCUT2D eigenvalue weighted by atomic mass is 9.90. The third-order valence-electron chi connectivity index (χ3n) is 4.13. The van der Waals surface area contributed by atoms with Gasteiger partial charge >= 0.3 is 0 Å². The summed E-state index contributed by atoms with van der Waals surface area (Å²) in [5, 5.41) is 2.93. The van der Waals surface area contributed by atoms with Gasteiger partial charge in [-0.25, -0.2) is 0 Å². The van der Waals surface area contributed by atoms with E-state index in [0.29, 0.717) is 6.42 Å². The molecule has 3 N–H and O–H groups in total. The van der Waals surface area contributed by atoms with Crippen molar-refractivity contribution in [3.05, 3.63) is 64.2 Å². The van der Waals surface area contributed by atoms with E-state index in [1.54, 1.807) is 0 Å². The quantitative estimate of drug-likeness (QED) is 0.878. The lowest BCUT2D eigenvalue weighted by Crippen LogP contribution is -2.14. The van der Waals surface area contributed by atoms with Crippen molar-refractivity contribution in [3.63, 3.8) is 0 Å². The maximum Gasteiger partial charge on any atom is 0.228 e. The second-order valence-corrected chi connectivity index (χ2v) is 5.36. The third-order valence-corrected chi connectivity index (χ3v) is 4.13. The highest BCUT2D eigenvalue weighted by Gasteiger charge is 2.24. The Morgan fingerprint density at radius 3 is 2.55 bits per heavy atom. The predicted octanol–water partition coefficient (Wildman–Crippen LogP) is 2.85. The van der Waals surface area contributed by atoms with Gasteiger partial charge in [-0.1, -0.05) is 36.4 Å². The summed E-state index contributed by atoms with van der Waals surface area (Å²) in [4.78, 5) is 11.6. The Morgan fingerprint density at radius 1 is 1.15 bits per heavy atom. The zero-order valence-electron chi connectivity index (χ0n) is 11.7. The molecule has 1 aliphatic heterocycles. The van der Waals surface area contributed by atoms with Crippen LogP contribution in [0.1, 0.15) is 33.9 Å². The van der Waals surface area contributed by atoms with Crippen LogP contribution < -0.4 is 11.1 Å². The maximum absolute atomic E-state index is 11.6. The summed E-state index contributed by atoms with van der Waals surface area (Å²) in [6, 6.07) is 12.0. The number of anilines is 1. The highest BCUT2D eigenvalue weighted by Crippen LogP contribution is 2.34. The molecule has 0 spiro atoms. The van der Waals surface area contributed by atoms with Crippen molar-refractivity contribution in [2.75, 3.05) is 5.32 Å². The molecule has 2 aromatic rings. The van der Waals surface area contributed by atoms with Crippen LogP contribution in [-0.4, -0.2) is 5.91 Å². The van der Waals surface area contributed by atoms with E-state index in [2.05, 4.69) is 18.3 Å². The van der Waals surface area contributed by atoms with E-state index < -0.39 is 0 Å². The van der Waals surface area contributed by atoms with Crippen LogP contribution in [0.4, 0.5) is 5.69 Å². The van der Waals surface area contributed by atoms with Gasteiger partial charge in [-0.3, -0.25) is 4.79 Å². The molecule has 0 saturated carbocycles. The van der Waals surface area contributed by atoms with E-state index >= 15 is 0 Å². The van der Waals surface area contributed by atoms with E-state index in [4.69, 9.17) is 5.73 Å². The Balaban J connectivity index is 2.10. The third kappa shape index (κ3) is 2.00. The average Bonchev–Trinajstić information content (AvgIpc) is 2.84. The number of nitrogens with one attached hydrogen (secondary N) is 1. The van der Waals surface area contributed by atoms with Gasteiger partial charge in [-0.05, 0) is 41.7 Å². The van der Waals surface area contributed by atoms with E-state index in [-0.39, 0.29) is 11.9 Å². The molecule has 3 rings (SSSR count). The largest absolute Gasteiger partial charge is 0.325 e. The minimum atomic E-state index is -0.157. The SMILES string of the molecule is Cc1c(C(N)c2ccccc2)cc2c(c1C)NC(=O)C2. The Labute approximate surface area is 118 Å². The number of benzene rings is 2. The number of carbonyl (C=O) groups is 1. The first-order valence-corrected chi connectivity index (χ1v) is 6.81. The number of hydrogen-bond acceptors (Lipinski definition) is 2. The summed E-state index contributed by atoms with van der Waals surface area (Å²) in [5.41, 5.74) is 12.9. The molecule has 1 amide bonds. The number of hydrogen-bond donors (Lipinski definition) is 2. The maximum atomic E-state index is 11.6. The van der Waals surface area contributed by atoms with E-state index in [1.807, 2.05) is 37.3 Å². The monoisotopic (exact) mass is 266 g/mol. The van der Waals surface area contributed by atoms with Crippen LogP contribution in [0.2, 0.25) is 0 Å². The normalized spacial score (nSPS) is 14.8. The Hall–Kier alpha value is -2.13. The molecule has 1 heterocycles. The molecule has 1 atom stereocenters. The van der Waals surface area contributed by atoms with Gasteiger partial charge in [0.05, 0.1) is 12.5 Å². The molecule has 1 aliphatic rings. The van der Waals surface area contributed by atoms with Crippen LogP contribution >= 0.6 is 0 Å². The molecule has 0 aliphatic carbocycles. The molecular weight excluding hydrogens is 248 g/mol. The van der Waals surface area contributed by atoms with Gasteiger partial charge in [0.15, 0.2) is 0 Å². The molecule has 3 heteroatoms. The Kier molecular flexibility index (Phi) is 3.07. The molecule has 0 radical (unpaired) electrons. The number of fused-ring (bicyclic) bond motifs is 1. The number of carbonyl (C=O) groups excluding carboxylic acids is 1. The average molecular weight is 266 g/mol. The van der Waals surface area contributed by atoms with Crippen LogP contribution in [0.25, 0.3) is 0 Å². The van der Waals surface area contributed by atoms with Crippen LogP contribution in [0.5, 0.6) is 0 Å². The van der Waals surface area contributed by atoms with Gasteiger partial charge in [0.2, 0.25) is 5.91 Å². The van der Waals surface area contributed by atoms with Crippen molar-refractivity contribution < 1.29 is 4.79 Å². The number of amides is 1. The van der Waals surface area contributed by atoms with Gasteiger partial charge in [-0.2, -0.15) is 0 Å². The number of nitrogens with two attached hydrogens (primary N) is 1. The lowest BCUT2D eigenvalue weighted by Gasteiger charge is -2.19. The molecular formula is C17H18N2O. The van der Waals surface area contributed by atoms with E-state index in [9.17, 15) is 4.79 Å². The van der Waals surface area contributed by atoms with Crippen molar-refractivity contribution in [3.8, 4) is 0 Å². The highest BCUT2D eigenvalue weighted by molar-refractivity contribution is 6.00. The lowest BCUT2D eigenvalue weighted by molar-refractivity contribution is -0.115. The molecule has 2 aromatic carbocycles. The fourth-order valence-corrected chi connectivity index (χ4v) is 2.85. The van der Waals surface area contributed by atoms with Gasteiger partial charge in [0, 0.05) is 5.69 Å². The Morgan fingerprint density at radius 2 is 1.85 bits per heavy atom. The van der Waals surface area contributed by atoms with Gasteiger partial charge in [-0.15, -0.1) is 0 Å². The summed E-state index contributed by atoms with van der Waals surface area (Å²) < 4.78 is 0. The zero-order chi connectivity index (χ0) is 14.3. The topological polar surface area (TPSA) is 55.1 Å². The molecule has 102 valence electrons. The summed E-state index contributed by atoms with van der Waals surface area (Å²) in [5.74, 6) is 0.0629. The van der Waals surface area contributed by atoms with Crippen molar-refractivity contribution in [2.45, 2.75) is 26.3 Å². The second kappa shape index (κ2) is 4.76. The molecule has 20 heavy (non-hydrogen) atoms. The van der Waals surface area contributed by atoms with Crippen molar-refractivity contribution >= 4 is 11.6 Å². The van der Waals surface area contributed by atoms with E-state index in [0.717, 1.165) is 33.5 Å². The summed E-state index contributed by atoms with van der Waals surface area (Å²) >= 11 is 0. The standard InChI is InChI=1S/C17H18N2O/c1-10-11(2)17-13(9-15(20)19-17)8-14(10)16(18)12-6-4-3-5-7-12/h3-8,16H,9,18H2,1-2H3,(H,19,20). The fraction of sp³-hybridized carbons (Fsp3) is 0.235. The minimum absolute atomic E-state index is 0.0629. The molecule has 0 aromatic heterocycles. The first-order chi connectivity index (χ1) is 9.58. The predicted molar refractivity (Wildman–Crippen MR) is 80.7 cm³/mol. The highest BCUT2D eigenvalue weighted by atomic mass is 16.1. The van der Waals surface area contributed by atoms with Gasteiger partial charge < -0.3 is 11.1 Å². The van der Waals surface area contributed by atoms with E-state index in [1.165, 1.54) is 0 Å². The van der Waals surface area contributed by atoms with Crippen molar-refractivity contribution in [2.24, 2.45) is 5.73 Å². The zero-order valence-corrected chi connectivity index (χ0v) is 11.7. The molecule has 3 nitrogen and oxygen atoms in total. The van der Waals surface area contributed by atoms with Crippen LogP contribution in [-0.2, 0) is 11.2 Å². The smallest absolute Gasteiger partial charge is 0.228 e. The van der Waals surface area contributed by atoms with Gasteiger partial charge in [0.25, 0.3) is 0 Å². The first kappa shape index (κ1) is 12.9. The van der Waals surface area contributed by atoms with Crippen LogP contribution in [0.15, 0.2) is 36.4 Å². The molecule has 1 unspecified atom stereocenters. The summed E-state index contributed by atoms with van der Waals surface area (Å²) in [6.07, 6.45) is 0.449. The van der Waals surface area contributed by atoms with Crippen molar-refractivity contribution in [1.82, 2.24) is 0 Å². The van der Waals surface area contributed by atoms with Crippen LogP contribution in [0.3, 0.4) is 0 Å². The minimum Gasteiger partial charge on any atom is -0.325 e. The molecule has 0 bridgehead atoms. The first-order valence-electron chi connectivity index (χ1n) is 6.81.